The van der Waals surface area contributed by atoms with Crippen molar-refractivity contribution in [3.63, 3.8) is 0 Å². The van der Waals surface area contributed by atoms with E-state index in [0.717, 1.165) is 17.5 Å². The number of rotatable bonds is 6. The number of hydrogen-bond donors (Lipinski definition) is 0. The van der Waals surface area contributed by atoms with Gasteiger partial charge >= 0.3 is 5.97 Å². The molecule has 0 aliphatic carbocycles. The van der Waals surface area contributed by atoms with Crippen LogP contribution in [0.5, 0.6) is 5.75 Å². The fourth-order valence-electron chi connectivity index (χ4n) is 3.58. The Morgan fingerprint density at radius 1 is 1.10 bits per heavy atom. The van der Waals surface area contributed by atoms with Gasteiger partial charge < -0.3 is 4.74 Å². The summed E-state index contributed by atoms with van der Waals surface area (Å²) in [6, 6.07) is 14.5. The second kappa shape index (κ2) is 9.09. The summed E-state index contributed by atoms with van der Waals surface area (Å²) in [4.78, 5) is 13.0. The molecule has 6 heteroatoms. The summed E-state index contributed by atoms with van der Waals surface area (Å²) in [6.45, 7) is 6.79. The molecule has 1 atom stereocenters. The molecule has 1 fully saturated rings. The molecular weight excluding hydrogens is 386 g/mol. The lowest BCUT2D eigenvalue weighted by Gasteiger charge is -2.30. The van der Waals surface area contributed by atoms with E-state index in [1.165, 1.54) is 4.31 Å². The van der Waals surface area contributed by atoms with Crippen LogP contribution in [0.15, 0.2) is 53.4 Å². The number of sulfonamides is 1. The van der Waals surface area contributed by atoms with Crippen LogP contribution in [-0.4, -0.2) is 31.8 Å². The zero-order valence-electron chi connectivity index (χ0n) is 17.3. The van der Waals surface area contributed by atoms with Crippen LogP contribution in [0, 0.1) is 12.8 Å². The molecule has 2 aromatic carbocycles. The fraction of sp³-hybridized carbons (Fsp3) is 0.435. The van der Waals surface area contributed by atoms with Crippen molar-refractivity contribution in [1.82, 2.24) is 4.31 Å². The Morgan fingerprint density at radius 3 is 2.34 bits per heavy atom. The van der Waals surface area contributed by atoms with Crippen molar-refractivity contribution < 1.29 is 17.9 Å². The first kappa shape index (κ1) is 21.5. The normalized spacial score (nSPS) is 17.1. The highest BCUT2D eigenvalue weighted by molar-refractivity contribution is 7.89. The van der Waals surface area contributed by atoms with Crippen molar-refractivity contribution in [3.8, 4) is 5.75 Å². The van der Waals surface area contributed by atoms with Crippen LogP contribution in [0.1, 0.15) is 50.2 Å². The molecule has 1 saturated heterocycles. The van der Waals surface area contributed by atoms with Crippen molar-refractivity contribution in [2.75, 3.05) is 13.1 Å². The number of ether oxygens (including phenoxy) is 1. The van der Waals surface area contributed by atoms with Gasteiger partial charge in [0.1, 0.15) is 5.75 Å². The largest absolute Gasteiger partial charge is 0.426 e. The van der Waals surface area contributed by atoms with E-state index in [2.05, 4.69) is 13.8 Å². The quantitative estimate of drug-likeness (QED) is 0.514. The van der Waals surface area contributed by atoms with E-state index in [4.69, 9.17) is 4.74 Å². The number of esters is 1. The third kappa shape index (κ3) is 4.87. The van der Waals surface area contributed by atoms with Crippen molar-refractivity contribution in [3.05, 3.63) is 59.7 Å². The van der Waals surface area contributed by atoms with Gasteiger partial charge in [-0.1, -0.05) is 49.7 Å². The maximum atomic E-state index is 12.8. The zero-order chi connectivity index (χ0) is 21.0. The summed E-state index contributed by atoms with van der Waals surface area (Å²) in [5, 5.41) is 0. The van der Waals surface area contributed by atoms with E-state index >= 15 is 0 Å². The highest BCUT2D eigenvalue weighted by atomic mass is 32.2. The number of para-hydroxylation sites is 1. The van der Waals surface area contributed by atoms with Crippen LogP contribution in [0.2, 0.25) is 0 Å². The van der Waals surface area contributed by atoms with Gasteiger partial charge in [-0.3, -0.25) is 4.79 Å². The maximum absolute atomic E-state index is 12.8. The van der Waals surface area contributed by atoms with Crippen LogP contribution in [0.3, 0.4) is 0 Å². The summed E-state index contributed by atoms with van der Waals surface area (Å²) in [5.41, 5.74) is 2.05. The summed E-state index contributed by atoms with van der Waals surface area (Å²) in [6.07, 6.45) is 1.90. The Bertz CT molecular complexity index is 945. The predicted molar refractivity (Wildman–Crippen MR) is 113 cm³/mol. The molecule has 1 heterocycles. The lowest BCUT2D eigenvalue weighted by molar-refractivity contribution is -0.140. The van der Waals surface area contributed by atoms with Crippen molar-refractivity contribution in [1.29, 1.82) is 0 Å². The number of nitrogens with zero attached hydrogens (tertiary/aromatic N) is 1. The van der Waals surface area contributed by atoms with Crippen LogP contribution in [-0.2, 0) is 14.8 Å². The molecule has 0 bridgehead atoms. The van der Waals surface area contributed by atoms with Crippen LogP contribution < -0.4 is 4.74 Å². The van der Waals surface area contributed by atoms with Gasteiger partial charge in [-0.05, 0) is 55.9 Å². The molecule has 0 aromatic heterocycles. The number of piperidine rings is 1. The predicted octanol–water partition coefficient (Wildman–Crippen LogP) is 4.51. The van der Waals surface area contributed by atoms with Gasteiger partial charge in [0.15, 0.2) is 0 Å². The van der Waals surface area contributed by atoms with E-state index in [1.54, 1.807) is 24.3 Å². The van der Waals surface area contributed by atoms with Crippen LogP contribution in [0.4, 0.5) is 0 Å². The minimum absolute atomic E-state index is 0.270. The SMILES string of the molecule is CCC(C)c1ccccc1OC(=O)C1CCN(S(=O)(=O)c2ccc(C)cc2)CC1. The average Bonchev–Trinajstić information content (AvgIpc) is 2.74. The highest BCUT2D eigenvalue weighted by Crippen LogP contribution is 2.30. The maximum Gasteiger partial charge on any atom is 0.314 e. The minimum Gasteiger partial charge on any atom is -0.426 e. The van der Waals surface area contributed by atoms with E-state index in [9.17, 15) is 13.2 Å². The average molecular weight is 416 g/mol. The fourth-order valence-corrected chi connectivity index (χ4v) is 5.05. The van der Waals surface area contributed by atoms with Crippen molar-refractivity contribution in [2.24, 2.45) is 5.92 Å². The molecular formula is C23H29NO4S. The Hall–Kier alpha value is -2.18. The Balaban J connectivity index is 1.64. The van der Waals surface area contributed by atoms with Crippen LogP contribution in [0.25, 0.3) is 0 Å². The first-order valence-electron chi connectivity index (χ1n) is 10.2. The highest BCUT2D eigenvalue weighted by Gasteiger charge is 2.33. The molecule has 5 nitrogen and oxygen atoms in total. The third-order valence-electron chi connectivity index (χ3n) is 5.72. The number of benzene rings is 2. The van der Waals surface area contributed by atoms with Crippen molar-refractivity contribution >= 4 is 16.0 Å². The summed E-state index contributed by atoms with van der Waals surface area (Å²) in [7, 11) is -3.53. The van der Waals surface area contributed by atoms with Gasteiger partial charge in [0, 0.05) is 13.1 Å². The number of aryl methyl sites for hydroxylation is 1. The second-order valence-electron chi connectivity index (χ2n) is 7.76. The molecule has 0 spiro atoms. The Kier molecular flexibility index (Phi) is 6.75. The summed E-state index contributed by atoms with van der Waals surface area (Å²) in [5.74, 6) is 0.361. The zero-order valence-corrected chi connectivity index (χ0v) is 18.1. The van der Waals surface area contributed by atoms with Gasteiger partial charge in [0.25, 0.3) is 0 Å². The van der Waals surface area contributed by atoms with E-state index < -0.39 is 10.0 Å². The summed E-state index contributed by atoms with van der Waals surface area (Å²) >= 11 is 0. The monoisotopic (exact) mass is 415 g/mol. The molecule has 1 aliphatic rings. The first-order chi connectivity index (χ1) is 13.8. The lowest BCUT2D eigenvalue weighted by atomic mass is 9.97. The standard InChI is InChI=1S/C23H29NO4S/c1-4-18(3)21-7-5-6-8-22(21)28-23(25)19-13-15-24(16-14-19)29(26,27)20-11-9-17(2)10-12-20/h5-12,18-19H,4,13-16H2,1-3H3. The lowest BCUT2D eigenvalue weighted by Crippen LogP contribution is -2.41. The van der Waals surface area contributed by atoms with Gasteiger partial charge in [0.05, 0.1) is 10.8 Å². The number of carbonyl (C=O) groups excluding carboxylic acids is 1. The molecule has 3 rings (SSSR count). The topological polar surface area (TPSA) is 63.7 Å². The van der Waals surface area contributed by atoms with Gasteiger partial charge in [-0.15, -0.1) is 0 Å². The van der Waals surface area contributed by atoms with Crippen LogP contribution >= 0.6 is 0 Å². The number of carbonyl (C=O) groups is 1. The molecule has 0 amide bonds. The molecule has 2 aromatic rings. The second-order valence-corrected chi connectivity index (χ2v) is 9.70. The smallest absolute Gasteiger partial charge is 0.314 e. The van der Waals surface area contributed by atoms with Gasteiger partial charge in [-0.2, -0.15) is 4.31 Å². The first-order valence-corrected chi connectivity index (χ1v) is 11.6. The molecule has 1 unspecified atom stereocenters. The van der Waals surface area contributed by atoms with E-state index in [0.29, 0.717) is 42.5 Å². The van der Waals surface area contributed by atoms with E-state index in [1.807, 2.05) is 31.2 Å². The molecule has 156 valence electrons. The Labute approximate surface area is 173 Å². The molecule has 0 N–H and O–H groups in total. The molecule has 0 radical (unpaired) electrons. The summed E-state index contributed by atoms with van der Waals surface area (Å²) < 4.78 is 32.8. The van der Waals surface area contributed by atoms with E-state index in [-0.39, 0.29) is 11.9 Å². The third-order valence-corrected chi connectivity index (χ3v) is 7.63. The van der Waals surface area contributed by atoms with Gasteiger partial charge in [-0.25, -0.2) is 8.42 Å². The molecule has 0 saturated carbocycles. The van der Waals surface area contributed by atoms with Gasteiger partial charge in [0.2, 0.25) is 10.0 Å². The number of hydrogen-bond acceptors (Lipinski definition) is 4. The van der Waals surface area contributed by atoms with Crippen molar-refractivity contribution in [2.45, 2.75) is 50.8 Å². The molecule has 1 aliphatic heterocycles. The molecule has 29 heavy (non-hydrogen) atoms. The Morgan fingerprint density at radius 2 is 1.72 bits per heavy atom. The minimum atomic E-state index is -3.53.